The van der Waals surface area contributed by atoms with Crippen molar-refractivity contribution >= 4 is 17.3 Å². The predicted octanol–water partition coefficient (Wildman–Crippen LogP) is 0.726. The van der Waals surface area contributed by atoms with E-state index in [9.17, 15) is 0 Å². The van der Waals surface area contributed by atoms with Crippen LogP contribution in [0.25, 0.3) is 0 Å². The molecule has 0 saturated carbocycles. The van der Waals surface area contributed by atoms with Crippen LogP contribution in [0.2, 0.25) is 0 Å². The number of nitrogens with zero attached hydrogens (tertiary/aromatic N) is 1. The summed E-state index contributed by atoms with van der Waals surface area (Å²) in [5.41, 5.74) is 2.96. The lowest BCUT2D eigenvalue weighted by Gasteiger charge is -2.18. The molecule has 0 saturated heterocycles. The van der Waals surface area contributed by atoms with Crippen molar-refractivity contribution in [2.45, 2.75) is 26.3 Å². The van der Waals surface area contributed by atoms with E-state index in [1.54, 1.807) is 0 Å². The summed E-state index contributed by atoms with van der Waals surface area (Å²) in [5, 5.41) is 5.64. The van der Waals surface area contributed by atoms with Gasteiger partial charge in [-0.15, -0.1) is 0 Å². The van der Waals surface area contributed by atoms with Gasteiger partial charge in [-0.05, 0) is 25.6 Å². The second-order valence-electron chi connectivity index (χ2n) is 2.79. The summed E-state index contributed by atoms with van der Waals surface area (Å²) < 4.78 is 0. The average molecular weight is 175 g/mol. The van der Waals surface area contributed by atoms with Gasteiger partial charge >= 0.3 is 0 Å². The van der Waals surface area contributed by atoms with E-state index in [-0.39, 0.29) is 0 Å². The highest BCUT2D eigenvalue weighted by Crippen LogP contribution is 1.86. The molecule has 2 N–H and O–H groups in total. The van der Waals surface area contributed by atoms with Gasteiger partial charge in [-0.2, -0.15) is 0 Å². The van der Waals surface area contributed by atoms with Crippen LogP contribution in [0.5, 0.6) is 0 Å². The van der Waals surface area contributed by atoms with E-state index in [0.29, 0.717) is 11.2 Å². The summed E-state index contributed by atoms with van der Waals surface area (Å²) in [4.78, 5) is 0. The molecule has 0 amide bonds. The summed E-state index contributed by atoms with van der Waals surface area (Å²) in [5.74, 6) is 0. The third-order valence-electron chi connectivity index (χ3n) is 1.32. The van der Waals surface area contributed by atoms with Crippen molar-refractivity contribution in [1.82, 2.24) is 15.8 Å². The van der Waals surface area contributed by atoms with E-state index in [0.717, 1.165) is 6.42 Å². The zero-order valence-electron chi connectivity index (χ0n) is 7.64. The van der Waals surface area contributed by atoms with Crippen molar-refractivity contribution in [2.24, 2.45) is 0 Å². The van der Waals surface area contributed by atoms with Gasteiger partial charge in [0.05, 0.1) is 0 Å². The van der Waals surface area contributed by atoms with Crippen molar-refractivity contribution in [3.8, 4) is 0 Å². The maximum Gasteiger partial charge on any atom is 0.181 e. The molecule has 3 nitrogen and oxygen atoms in total. The van der Waals surface area contributed by atoms with Crippen molar-refractivity contribution in [3.63, 3.8) is 0 Å². The fourth-order valence-corrected chi connectivity index (χ4v) is 0.945. The zero-order chi connectivity index (χ0) is 8.85. The molecule has 0 aromatic heterocycles. The molecule has 0 heterocycles. The molecule has 0 bridgehead atoms. The second kappa shape index (κ2) is 5.32. The normalized spacial score (nSPS) is 12.8. The largest absolute Gasteiger partial charge is 0.359 e. The summed E-state index contributed by atoms with van der Waals surface area (Å²) in [6.45, 7) is 4.22. The Labute approximate surface area is 74.1 Å². The van der Waals surface area contributed by atoms with Crippen LogP contribution in [-0.2, 0) is 0 Å². The van der Waals surface area contributed by atoms with Gasteiger partial charge in [0.25, 0.3) is 0 Å². The Kier molecular flexibility index (Phi) is 5.15. The first-order valence-electron chi connectivity index (χ1n) is 3.80. The quantitative estimate of drug-likeness (QED) is 0.488. The van der Waals surface area contributed by atoms with E-state index in [4.69, 9.17) is 12.2 Å². The number of hydrogen-bond acceptors (Lipinski definition) is 2. The lowest BCUT2D eigenvalue weighted by atomic mass is 10.3. The SMILES string of the molecule is CCC(C)NC(=S)NN(C)C. The molecule has 0 aromatic carbocycles. The highest BCUT2D eigenvalue weighted by Gasteiger charge is 2.00. The Morgan fingerprint density at radius 2 is 2.09 bits per heavy atom. The molecular weight excluding hydrogens is 158 g/mol. The van der Waals surface area contributed by atoms with Crippen LogP contribution >= 0.6 is 12.2 Å². The van der Waals surface area contributed by atoms with E-state index < -0.39 is 0 Å². The minimum atomic E-state index is 0.440. The molecule has 0 radical (unpaired) electrons. The standard InChI is InChI=1S/C7H17N3S/c1-5-6(2)8-7(11)9-10(3)4/h6H,5H2,1-4H3,(H2,8,9,11). The molecule has 1 unspecified atom stereocenters. The van der Waals surface area contributed by atoms with Crippen molar-refractivity contribution < 1.29 is 0 Å². The number of rotatable bonds is 3. The van der Waals surface area contributed by atoms with E-state index >= 15 is 0 Å². The van der Waals surface area contributed by atoms with Crippen LogP contribution < -0.4 is 10.7 Å². The Balaban J connectivity index is 3.52. The van der Waals surface area contributed by atoms with Crippen LogP contribution in [0.3, 0.4) is 0 Å². The molecule has 0 spiro atoms. The molecule has 0 aromatic rings. The molecular formula is C7H17N3S. The van der Waals surface area contributed by atoms with Gasteiger partial charge in [0.2, 0.25) is 0 Å². The van der Waals surface area contributed by atoms with Crippen molar-refractivity contribution in [2.75, 3.05) is 14.1 Å². The van der Waals surface area contributed by atoms with Crippen LogP contribution in [0.1, 0.15) is 20.3 Å². The molecule has 11 heavy (non-hydrogen) atoms. The molecule has 66 valence electrons. The van der Waals surface area contributed by atoms with Crippen LogP contribution in [0.15, 0.2) is 0 Å². The monoisotopic (exact) mass is 175 g/mol. The fraction of sp³-hybridized carbons (Fsp3) is 0.857. The van der Waals surface area contributed by atoms with Crippen LogP contribution in [-0.4, -0.2) is 30.3 Å². The van der Waals surface area contributed by atoms with E-state index in [2.05, 4.69) is 24.6 Å². The first-order valence-corrected chi connectivity index (χ1v) is 4.21. The molecule has 0 aliphatic rings. The lowest BCUT2D eigenvalue weighted by molar-refractivity contribution is 0.357. The fourth-order valence-electron chi connectivity index (χ4n) is 0.561. The summed E-state index contributed by atoms with van der Waals surface area (Å²) in [6, 6.07) is 0.440. The molecule has 0 aliphatic heterocycles. The summed E-state index contributed by atoms with van der Waals surface area (Å²) in [6.07, 6.45) is 1.08. The molecule has 4 heteroatoms. The van der Waals surface area contributed by atoms with Gasteiger partial charge in [-0.25, -0.2) is 5.01 Å². The Hall–Kier alpha value is -0.350. The molecule has 0 aliphatic carbocycles. The van der Waals surface area contributed by atoms with Gasteiger partial charge in [0.15, 0.2) is 5.11 Å². The van der Waals surface area contributed by atoms with Crippen molar-refractivity contribution in [1.29, 1.82) is 0 Å². The maximum atomic E-state index is 5.01. The summed E-state index contributed by atoms with van der Waals surface area (Å²) >= 11 is 5.01. The third kappa shape index (κ3) is 6.06. The predicted molar refractivity (Wildman–Crippen MR) is 52.3 cm³/mol. The van der Waals surface area contributed by atoms with Gasteiger partial charge in [0.1, 0.15) is 0 Å². The van der Waals surface area contributed by atoms with Crippen LogP contribution in [0.4, 0.5) is 0 Å². The molecule has 1 atom stereocenters. The highest BCUT2D eigenvalue weighted by molar-refractivity contribution is 7.80. The Morgan fingerprint density at radius 3 is 2.45 bits per heavy atom. The van der Waals surface area contributed by atoms with Crippen molar-refractivity contribution in [3.05, 3.63) is 0 Å². The maximum absolute atomic E-state index is 5.01. The number of thiocarbonyl (C=S) groups is 1. The first-order chi connectivity index (χ1) is 5.06. The van der Waals surface area contributed by atoms with Crippen LogP contribution in [0, 0.1) is 0 Å². The van der Waals surface area contributed by atoms with E-state index in [1.165, 1.54) is 0 Å². The van der Waals surface area contributed by atoms with Gasteiger partial charge in [0, 0.05) is 20.1 Å². The second-order valence-corrected chi connectivity index (χ2v) is 3.20. The Morgan fingerprint density at radius 1 is 1.55 bits per heavy atom. The smallest absolute Gasteiger partial charge is 0.181 e. The number of hydrazine groups is 1. The zero-order valence-corrected chi connectivity index (χ0v) is 8.46. The van der Waals surface area contributed by atoms with E-state index in [1.807, 2.05) is 19.1 Å². The molecule has 0 fully saturated rings. The summed E-state index contributed by atoms with van der Waals surface area (Å²) in [7, 11) is 3.81. The number of nitrogens with one attached hydrogen (secondary N) is 2. The lowest BCUT2D eigenvalue weighted by Crippen LogP contribution is -2.46. The minimum Gasteiger partial charge on any atom is -0.359 e. The topological polar surface area (TPSA) is 27.3 Å². The van der Waals surface area contributed by atoms with Gasteiger partial charge in [-0.1, -0.05) is 6.92 Å². The number of hydrogen-bond donors (Lipinski definition) is 2. The third-order valence-corrected chi connectivity index (χ3v) is 1.52. The van der Waals surface area contributed by atoms with Gasteiger partial charge < -0.3 is 5.32 Å². The first kappa shape index (κ1) is 10.7. The Bertz CT molecular complexity index is 125. The highest BCUT2D eigenvalue weighted by atomic mass is 32.1. The molecule has 0 rings (SSSR count). The minimum absolute atomic E-state index is 0.440. The van der Waals surface area contributed by atoms with Gasteiger partial charge in [-0.3, -0.25) is 5.43 Å². The average Bonchev–Trinajstić information content (AvgIpc) is 1.85.